The van der Waals surface area contributed by atoms with Gasteiger partial charge in [0.2, 0.25) is 0 Å². The summed E-state index contributed by atoms with van der Waals surface area (Å²) < 4.78 is 0. The summed E-state index contributed by atoms with van der Waals surface area (Å²) in [4.78, 5) is 0. The molecule has 2 atom stereocenters. The Morgan fingerprint density at radius 1 is 1.11 bits per heavy atom. The van der Waals surface area contributed by atoms with E-state index in [4.69, 9.17) is 11.6 Å². The Bertz CT molecular complexity index is 570. The molecule has 3 rings (SSSR count). The standard InChI is InChI=1S/C16H16ClNO/c17-14-8-4-7-12(16(14)19)10-18-15-9-13(15)11-5-2-1-3-6-11/h1-8,13,15,18-19H,9-10H2. The summed E-state index contributed by atoms with van der Waals surface area (Å²) in [6.45, 7) is 0.653. The lowest BCUT2D eigenvalue weighted by Gasteiger charge is -2.07. The fourth-order valence-corrected chi connectivity index (χ4v) is 2.63. The van der Waals surface area contributed by atoms with Crippen molar-refractivity contribution in [3.8, 4) is 5.75 Å². The fraction of sp³-hybridized carbons (Fsp3) is 0.250. The van der Waals surface area contributed by atoms with E-state index in [9.17, 15) is 5.11 Å². The highest BCUT2D eigenvalue weighted by Crippen LogP contribution is 2.41. The van der Waals surface area contributed by atoms with Crippen LogP contribution >= 0.6 is 11.6 Å². The third kappa shape index (κ3) is 2.75. The van der Waals surface area contributed by atoms with Gasteiger partial charge in [-0.05, 0) is 18.1 Å². The summed E-state index contributed by atoms with van der Waals surface area (Å²) in [7, 11) is 0. The number of phenols is 1. The zero-order valence-corrected chi connectivity index (χ0v) is 11.3. The van der Waals surface area contributed by atoms with Gasteiger partial charge in [0.15, 0.2) is 0 Å². The number of hydrogen-bond acceptors (Lipinski definition) is 2. The van der Waals surface area contributed by atoms with Crippen molar-refractivity contribution in [3.63, 3.8) is 0 Å². The van der Waals surface area contributed by atoms with Crippen LogP contribution in [0.15, 0.2) is 48.5 Å². The van der Waals surface area contributed by atoms with E-state index in [-0.39, 0.29) is 5.75 Å². The Balaban J connectivity index is 1.59. The molecule has 0 spiro atoms. The summed E-state index contributed by atoms with van der Waals surface area (Å²) in [5.74, 6) is 0.788. The first-order chi connectivity index (χ1) is 9.25. The first kappa shape index (κ1) is 12.5. The fourth-order valence-electron chi connectivity index (χ4n) is 2.43. The maximum Gasteiger partial charge on any atom is 0.138 e. The summed E-state index contributed by atoms with van der Waals surface area (Å²) in [5.41, 5.74) is 2.24. The topological polar surface area (TPSA) is 32.3 Å². The second-order valence-electron chi connectivity index (χ2n) is 4.99. The summed E-state index contributed by atoms with van der Waals surface area (Å²) in [6, 6.07) is 16.5. The molecular weight excluding hydrogens is 258 g/mol. The van der Waals surface area contributed by atoms with Crippen LogP contribution in [0.5, 0.6) is 5.75 Å². The summed E-state index contributed by atoms with van der Waals surface area (Å²) in [6.07, 6.45) is 1.16. The quantitative estimate of drug-likeness (QED) is 0.890. The van der Waals surface area contributed by atoms with Gasteiger partial charge in [0.05, 0.1) is 5.02 Å². The molecular formula is C16H16ClNO. The van der Waals surface area contributed by atoms with Gasteiger partial charge < -0.3 is 10.4 Å². The Hall–Kier alpha value is -1.51. The molecule has 1 aliphatic carbocycles. The smallest absolute Gasteiger partial charge is 0.138 e. The molecule has 0 aromatic heterocycles. The predicted octanol–water partition coefficient (Wildman–Crippen LogP) is 3.69. The molecule has 98 valence electrons. The minimum atomic E-state index is 0.188. The van der Waals surface area contributed by atoms with E-state index in [1.807, 2.05) is 18.2 Å². The molecule has 1 aliphatic rings. The normalized spacial score (nSPS) is 21.3. The van der Waals surface area contributed by atoms with Crippen molar-refractivity contribution in [2.24, 2.45) is 0 Å². The van der Waals surface area contributed by atoms with Gasteiger partial charge in [-0.25, -0.2) is 0 Å². The van der Waals surface area contributed by atoms with Crippen molar-refractivity contribution in [1.82, 2.24) is 5.32 Å². The highest BCUT2D eigenvalue weighted by molar-refractivity contribution is 6.32. The Labute approximate surface area is 118 Å². The number of para-hydroxylation sites is 1. The number of aromatic hydroxyl groups is 1. The van der Waals surface area contributed by atoms with Crippen molar-refractivity contribution >= 4 is 11.6 Å². The van der Waals surface area contributed by atoms with E-state index < -0.39 is 0 Å². The van der Waals surface area contributed by atoms with Gasteiger partial charge in [0.1, 0.15) is 5.75 Å². The van der Waals surface area contributed by atoms with Crippen LogP contribution in [0.3, 0.4) is 0 Å². The average Bonchev–Trinajstić information content (AvgIpc) is 3.21. The lowest BCUT2D eigenvalue weighted by molar-refractivity contribution is 0.464. The molecule has 2 nitrogen and oxygen atoms in total. The van der Waals surface area contributed by atoms with E-state index >= 15 is 0 Å². The summed E-state index contributed by atoms with van der Waals surface area (Å²) >= 11 is 5.89. The number of phenolic OH excluding ortho intramolecular Hbond substituents is 1. The van der Waals surface area contributed by atoms with E-state index in [1.54, 1.807) is 6.07 Å². The molecule has 1 fully saturated rings. The molecule has 19 heavy (non-hydrogen) atoms. The van der Waals surface area contributed by atoms with Gasteiger partial charge in [0.25, 0.3) is 0 Å². The first-order valence-electron chi connectivity index (χ1n) is 6.50. The Morgan fingerprint density at radius 2 is 1.89 bits per heavy atom. The largest absolute Gasteiger partial charge is 0.506 e. The second kappa shape index (κ2) is 5.24. The number of halogens is 1. The number of nitrogens with one attached hydrogen (secondary N) is 1. The average molecular weight is 274 g/mol. The van der Waals surface area contributed by atoms with E-state index in [0.29, 0.717) is 23.5 Å². The van der Waals surface area contributed by atoms with Crippen molar-refractivity contribution in [1.29, 1.82) is 0 Å². The van der Waals surface area contributed by atoms with Crippen LogP contribution in [-0.2, 0) is 6.54 Å². The Morgan fingerprint density at radius 3 is 2.68 bits per heavy atom. The zero-order valence-electron chi connectivity index (χ0n) is 10.5. The van der Waals surface area contributed by atoms with E-state index in [2.05, 4.69) is 29.6 Å². The molecule has 0 radical (unpaired) electrons. The molecule has 2 aromatic carbocycles. The van der Waals surface area contributed by atoms with Crippen LogP contribution in [0.2, 0.25) is 5.02 Å². The Kier molecular flexibility index (Phi) is 3.45. The van der Waals surface area contributed by atoms with Gasteiger partial charge in [-0.3, -0.25) is 0 Å². The molecule has 0 aliphatic heterocycles. The van der Waals surface area contributed by atoms with Crippen LogP contribution in [0, 0.1) is 0 Å². The number of hydrogen-bond donors (Lipinski definition) is 2. The van der Waals surface area contributed by atoms with Crippen molar-refractivity contribution in [3.05, 3.63) is 64.7 Å². The lowest BCUT2D eigenvalue weighted by Crippen LogP contribution is -2.17. The first-order valence-corrected chi connectivity index (χ1v) is 6.88. The molecule has 0 saturated heterocycles. The van der Waals surface area contributed by atoms with Gasteiger partial charge in [-0.2, -0.15) is 0 Å². The minimum Gasteiger partial charge on any atom is -0.506 e. The van der Waals surface area contributed by atoms with Crippen LogP contribution in [0.4, 0.5) is 0 Å². The molecule has 1 saturated carbocycles. The summed E-state index contributed by atoms with van der Waals surface area (Å²) in [5, 5.41) is 13.7. The minimum absolute atomic E-state index is 0.188. The zero-order chi connectivity index (χ0) is 13.2. The third-order valence-corrected chi connectivity index (χ3v) is 3.95. The molecule has 2 aromatic rings. The second-order valence-corrected chi connectivity index (χ2v) is 5.40. The number of benzene rings is 2. The highest BCUT2D eigenvalue weighted by atomic mass is 35.5. The van der Waals surface area contributed by atoms with Gasteiger partial charge in [-0.15, -0.1) is 0 Å². The van der Waals surface area contributed by atoms with Crippen LogP contribution in [0.25, 0.3) is 0 Å². The van der Waals surface area contributed by atoms with Gasteiger partial charge >= 0.3 is 0 Å². The molecule has 0 bridgehead atoms. The molecule has 0 amide bonds. The van der Waals surface area contributed by atoms with Gasteiger partial charge in [0, 0.05) is 24.1 Å². The van der Waals surface area contributed by atoms with Crippen molar-refractivity contribution in [2.75, 3.05) is 0 Å². The molecule has 3 heteroatoms. The maximum atomic E-state index is 9.84. The van der Waals surface area contributed by atoms with Crippen LogP contribution < -0.4 is 5.32 Å². The monoisotopic (exact) mass is 273 g/mol. The predicted molar refractivity (Wildman–Crippen MR) is 77.5 cm³/mol. The SMILES string of the molecule is Oc1c(Cl)cccc1CNC1CC1c1ccccc1. The van der Waals surface area contributed by atoms with E-state index in [0.717, 1.165) is 12.0 Å². The lowest BCUT2D eigenvalue weighted by atomic mass is 10.1. The van der Waals surface area contributed by atoms with Crippen molar-refractivity contribution in [2.45, 2.75) is 24.9 Å². The highest BCUT2D eigenvalue weighted by Gasteiger charge is 2.37. The molecule has 0 heterocycles. The van der Waals surface area contributed by atoms with Crippen LogP contribution in [0.1, 0.15) is 23.5 Å². The number of rotatable bonds is 4. The third-order valence-electron chi connectivity index (χ3n) is 3.64. The van der Waals surface area contributed by atoms with Crippen molar-refractivity contribution < 1.29 is 5.11 Å². The molecule has 2 unspecified atom stereocenters. The molecule has 2 N–H and O–H groups in total. The van der Waals surface area contributed by atoms with E-state index in [1.165, 1.54) is 5.56 Å². The maximum absolute atomic E-state index is 9.84. The van der Waals surface area contributed by atoms with Crippen LogP contribution in [-0.4, -0.2) is 11.1 Å². The van der Waals surface area contributed by atoms with Gasteiger partial charge in [-0.1, -0.05) is 54.1 Å².